The lowest BCUT2D eigenvalue weighted by atomic mass is 10.0. The maximum absolute atomic E-state index is 10.4. The summed E-state index contributed by atoms with van der Waals surface area (Å²) in [5, 5.41) is 10.4. The number of rotatable bonds is 4. The molecule has 96 valence electrons. The van der Waals surface area contributed by atoms with Crippen molar-refractivity contribution < 1.29 is 9.84 Å². The summed E-state index contributed by atoms with van der Waals surface area (Å²) in [6.07, 6.45) is -0.580. The molecule has 0 aliphatic carbocycles. The molecule has 1 heterocycles. The van der Waals surface area contributed by atoms with E-state index in [9.17, 15) is 5.11 Å². The molecule has 2 nitrogen and oxygen atoms in total. The van der Waals surface area contributed by atoms with Crippen molar-refractivity contribution in [2.24, 2.45) is 0 Å². The highest BCUT2D eigenvalue weighted by Gasteiger charge is 2.15. The molecule has 0 saturated heterocycles. The molecule has 1 unspecified atom stereocenters. The van der Waals surface area contributed by atoms with Crippen LogP contribution in [0.1, 0.15) is 29.0 Å². The molecule has 0 fully saturated rings. The third kappa shape index (κ3) is 2.94. The van der Waals surface area contributed by atoms with Gasteiger partial charge in [-0.3, -0.25) is 0 Å². The Bertz CT molecular complexity index is 519. The summed E-state index contributed by atoms with van der Waals surface area (Å²) < 4.78 is 6.43. The number of ether oxygens (including phenoxy) is 1. The average Bonchev–Trinajstić information content (AvgIpc) is 2.69. The first kappa shape index (κ1) is 13.6. The van der Waals surface area contributed by atoms with Crippen molar-refractivity contribution in [2.75, 3.05) is 6.61 Å². The van der Waals surface area contributed by atoms with Gasteiger partial charge in [0.2, 0.25) is 0 Å². The van der Waals surface area contributed by atoms with Gasteiger partial charge in [-0.05, 0) is 59.1 Å². The zero-order valence-corrected chi connectivity index (χ0v) is 12.7. The lowest BCUT2D eigenvalue weighted by molar-refractivity contribution is 0.220. The third-order valence-corrected chi connectivity index (χ3v) is 4.30. The lowest BCUT2D eigenvalue weighted by Crippen LogP contribution is -2.00. The van der Waals surface area contributed by atoms with E-state index >= 15 is 0 Å². The van der Waals surface area contributed by atoms with Crippen molar-refractivity contribution >= 4 is 27.3 Å². The largest absolute Gasteiger partial charge is 0.494 e. The van der Waals surface area contributed by atoms with Crippen LogP contribution in [0.25, 0.3) is 0 Å². The van der Waals surface area contributed by atoms with Gasteiger partial charge >= 0.3 is 0 Å². The highest BCUT2D eigenvalue weighted by atomic mass is 79.9. The highest BCUT2D eigenvalue weighted by Crippen LogP contribution is 2.33. The summed E-state index contributed by atoms with van der Waals surface area (Å²) in [7, 11) is 0. The highest BCUT2D eigenvalue weighted by molar-refractivity contribution is 9.11. The lowest BCUT2D eigenvalue weighted by Gasteiger charge is -2.11. The van der Waals surface area contributed by atoms with Crippen LogP contribution in [0.15, 0.2) is 34.1 Å². The molecule has 4 heteroatoms. The molecule has 0 saturated carbocycles. The third-order valence-electron chi connectivity index (χ3n) is 2.73. The van der Waals surface area contributed by atoms with Crippen molar-refractivity contribution in [2.45, 2.75) is 20.0 Å². The van der Waals surface area contributed by atoms with Crippen molar-refractivity contribution in [1.29, 1.82) is 0 Å². The molecule has 0 spiro atoms. The fourth-order valence-electron chi connectivity index (χ4n) is 1.82. The van der Waals surface area contributed by atoms with Crippen LogP contribution >= 0.6 is 27.3 Å². The second-order valence-corrected chi connectivity index (χ2v) is 6.60. The molecule has 18 heavy (non-hydrogen) atoms. The molecule has 0 aliphatic rings. The molecular weight excluding hydrogens is 312 g/mol. The Morgan fingerprint density at radius 2 is 2.00 bits per heavy atom. The Kier molecular flexibility index (Phi) is 4.43. The van der Waals surface area contributed by atoms with Gasteiger partial charge in [0.1, 0.15) is 11.9 Å². The Balaban J connectivity index is 2.23. The summed E-state index contributed by atoms with van der Waals surface area (Å²) in [5.74, 6) is 0.830. The molecule has 0 radical (unpaired) electrons. The van der Waals surface area contributed by atoms with Gasteiger partial charge < -0.3 is 9.84 Å². The molecule has 0 aliphatic heterocycles. The molecule has 1 atom stereocenters. The van der Waals surface area contributed by atoms with E-state index in [-0.39, 0.29) is 0 Å². The van der Waals surface area contributed by atoms with E-state index in [2.05, 4.69) is 15.9 Å². The van der Waals surface area contributed by atoms with Crippen molar-refractivity contribution in [3.8, 4) is 5.75 Å². The van der Waals surface area contributed by atoms with Crippen molar-refractivity contribution in [3.63, 3.8) is 0 Å². The van der Waals surface area contributed by atoms with E-state index in [1.807, 2.05) is 44.2 Å². The number of halogens is 1. The van der Waals surface area contributed by atoms with Gasteiger partial charge in [-0.2, -0.15) is 0 Å². The van der Waals surface area contributed by atoms with Crippen LogP contribution in [-0.2, 0) is 0 Å². The smallest absolute Gasteiger partial charge is 0.119 e. The molecule has 0 bridgehead atoms. The number of hydrogen-bond acceptors (Lipinski definition) is 3. The number of aryl methyl sites for hydroxylation is 1. The predicted molar refractivity (Wildman–Crippen MR) is 78.4 cm³/mol. The topological polar surface area (TPSA) is 29.5 Å². The Morgan fingerprint density at radius 1 is 1.33 bits per heavy atom. The summed E-state index contributed by atoms with van der Waals surface area (Å²) >= 11 is 5.08. The van der Waals surface area contributed by atoms with Crippen molar-refractivity contribution in [3.05, 3.63) is 50.1 Å². The van der Waals surface area contributed by atoms with Gasteiger partial charge in [-0.1, -0.05) is 12.1 Å². The molecule has 1 N–H and O–H groups in total. The number of benzene rings is 1. The molecule has 1 aromatic carbocycles. The molecule has 2 rings (SSSR count). The van der Waals surface area contributed by atoms with E-state index in [1.54, 1.807) is 11.3 Å². The first-order valence-electron chi connectivity index (χ1n) is 5.78. The Hall–Kier alpha value is -0.840. The quantitative estimate of drug-likeness (QED) is 0.907. The molecule has 2 aromatic rings. The van der Waals surface area contributed by atoms with Gasteiger partial charge in [-0.25, -0.2) is 0 Å². The summed E-state index contributed by atoms with van der Waals surface area (Å²) in [4.78, 5) is 1.13. The van der Waals surface area contributed by atoms with E-state index in [0.29, 0.717) is 6.61 Å². The van der Waals surface area contributed by atoms with Crippen molar-refractivity contribution in [1.82, 2.24) is 0 Å². The minimum atomic E-state index is -0.580. The maximum Gasteiger partial charge on any atom is 0.119 e. The zero-order valence-electron chi connectivity index (χ0n) is 10.3. The van der Waals surface area contributed by atoms with E-state index in [1.165, 1.54) is 0 Å². The van der Waals surface area contributed by atoms with Crippen LogP contribution in [0.3, 0.4) is 0 Å². The minimum absolute atomic E-state index is 0.580. The first-order valence-corrected chi connectivity index (χ1v) is 7.39. The minimum Gasteiger partial charge on any atom is -0.494 e. The number of aliphatic hydroxyl groups is 1. The van der Waals surface area contributed by atoms with E-state index < -0.39 is 6.10 Å². The summed E-state index contributed by atoms with van der Waals surface area (Å²) in [6.45, 7) is 4.62. The molecular formula is C14H15BrO2S. The normalized spacial score (nSPS) is 12.4. The van der Waals surface area contributed by atoms with Gasteiger partial charge in [0.15, 0.2) is 0 Å². The molecule has 1 aromatic heterocycles. The van der Waals surface area contributed by atoms with Crippen LogP contribution in [0.2, 0.25) is 0 Å². The van der Waals surface area contributed by atoms with E-state index in [0.717, 1.165) is 25.5 Å². The average molecular weight is 327 g/mol. The van der Waals surface area contributed by atoms with Crippen LogP contribution in [0.4, 0.5) is 0 Å². The van der Waals surface area contributed by atoms with Gasteiger partial charge in [0, 0.05) is 4.88 Å². The standard InChI is InChI=1S/C14H15BrO2S/c1-3-17-11-6-4-10(5-7-11)14(16)12-8-13(15)18-9(12)2/h4-8,14,16H,3H2,1-2H3. The zero-order chi connectivity index (χ0) is 13.1. The Labute approximate surface area is 119 Å². The second kappa shape index (κ2) is 5.87. The van der Waals surface area contributed by atoms with Crippen LogP contribution in [0.5, 0.6) is 5.75 Å². The predicted octanol–water partition coefficient (Wildman–Crippen LogP) is 4.30. The van der Waals surface area contributed by atoms with E-state index in [4.69, 9.17) is 4.74 Å². The second-order valence-electron chi connectivity index (χ2n) is 3.97. The first-order chi connectivity index (χ1) is 8.61. The Morgan fingerprint density at radius 3 is 2.50 bits per heavy atom. The SMILES string of the molecule is CCOc1ccc(C(O)c2cc(Br)sc2C)cc1. The number of aliphatic hydroxyl groups excluding tert-OH is 1. The van der Waals surface area contributed by atoms with Gasteiger partial charge in [0.05, 0.1) is 10.4 Å². The van der Waals surface area contributed by atoms with Gasteiger partial charge in [-0.15, -0.1) is 11.3 Å². The van der Waals surface area contributed by atoms with Crippen LogP contribution in [0, 0.1) is 6.92 Å². The molecule has 0 amide bonds. The van der Waals surface area contributed by atoms with Gasteiger partial charge in [0.25, 0.3) is 0 Å². The van der Waals surface area contributed by atoms with Crippen LogP contribution in [-0.4, -0.2) is 11.7 Å². The fourth-order valence-corrected chi connectivity index (χ4v) is 3.56. The number of thiophene rings is 1. The monoisotopic (exact) mass is 326 g/mol. The summed E-state index contributed by atoms with van der Waals surface area (Å²) in [6, 6.07) is 9.56. The fraction of sp³-hybridized carbons (Fsp3) is 0.286. The summed E-state index contributed by atoms with van der Waals surface area (Å²) in [5.41, 5.74) is 1.84. The maximum atomic E-state index is 10.4. The number of hydrogen-bond donors (Lipinski definition) is 1. The van der Waals surface area contributed by atoms with Crippen LogP contribution < -0.4 is 4.74 Å².